The fraction of sp³-hybridized carbons (Fsp3) is 0.556. The van der Waals surface area contributed by atoms with Crippen LogP contribution in [-0.4, -0.2) is 49.9 Å². The molecule has 0 aliphatic carbocycles. The van der Waals surface area contributed by atoms with E-state index in [1.807, 2.05) is 0 Å². The van der Waals surface area contributed by atoms with Gasteiger partial charge in [-0.05, 0) is 26.2 Å². The van der Waals surface area contributed by atoms with Crippen LogP contribution >= 0.6 is 0 Å². The molecule has 0 heterocycles. The molecular weight excluding hydrogens is 340 g/mol. The fourth-order valence-electron chi connectivity index (χ4n) is 2.29. The Labute approximate surface area is 153 Å². The number of methoxy groups -OCH3 is 2. The highest BCUT2D eigenvalue weighted by atomic mass is 16.5. The molecule has 1 rings (SSSR count). The van der Waals surface area contributed by atoms with Gasteiger partial charge in [0.1, 0.15) is 23.3 Å². The first kappa shape index (κ1) is 21.6. The summed E-state index contributed by atoms with van der Waals surface area (Å²) >= 11 is 0. The Kier molecular flexibility index (Phi) is 9.29. The van der Waals surface area contributed by atoms with Crippen molar-refractivity contribution in [2.45, 2.75) is 44.8 Å². The monoisotopic (exact) mass is 368 g/mol. The number of hydrogen-bond acceptors (Lipinski definition) is 6. The zero-order valence-electron chi connectivity index (χ0n) is 15.5. The van der Waals surface area contributed by atoms with Gasteiger partial charge in [0.05, 0.1) is 26.9 Å². The van der Waals surface area contributed by atoms with E-state index in [-0.39, 0.29) is 12.3 Å². The van der Waals surface area contributed by atoms with Gasteiger partial charge in [0, 0.05) is 24.6 Å². The number of carbonyl (C=O) groups excluding carboxylic acids is 2. The summed E-state index contributed by atoms with van der Waals surface area (Å²) in [6.45, 7) is 1.90. The van der Waals surface area contributed by atoms with E-state index < -0.39 is 18.1 Å². The lowest BCUT2D eigenvalue weighted by Gasteiger charge is -2.17. The number of primary amides is 1. The number of carbonyl (C=O) groups is 2. The summed E-state index contributed by atoms with van der Waals surface area (Å²) < 4.78 is 16.0. The summed E-state index contributed by atoms with van der Waals surface area (Å²) in [6.07, 6.45) is 1.42. The maximum atomic E-state index is 11.8. The first-order valence-electron chi connectivity index (χ1n) is 8.50. The van der Waals surface area contributed by atoms with E-state index in [2.05, 4.69) is 5.32 Å². The van der Waals surface area contributed by atoms with Crippen LogP contribution in [0.5, 0.6) is 17.2 Å². The van der Waals surface area contributed by atoms with E-state index in [0.717, 1.165) is 12.8 Å². The van der Waals surface area contributed by atoms with Gasteiger partial charge in [0.2, 0.25) is 11.8 Å². The van der Waals surface area contributed by atoms with Crippen LogP contribution in [-0.2, 0) is 9.59 Å². The zero-order valence-corrected chi connectivity index (χ0v) is 15.5. The Bertz CT molecular complexity index is 569. The summed E-state index contributed by atoms with van der Waals surface area (Å²) in [5.41, 5.74) is 5.13. The van der Waals surface area contributed by atoms with Crippen molar-refractivity contribution in [1.82, 2.24) is 5.32 Å². The zero-order chi connectivity index (χ0) is 19.5. The predicted molar refractivity (Wildman–Crippen MR) is 96.3 cm³/mol. The van der Waals surface area contributed by atoms with Crippen LogP contribution in [0.25, 0.3) is 0 Å². The van der Waals surface area contributed by atoms with E-state index in [1.54, 1.807) is 32.4 Å². The molecule has 0 aliphatic rings. The van der Waals surface area contributed by atoms with Crippen LogP contribution in [0, 0.1) is 0 Å². The van der Waals surface area contributed by atoms with Crippen molar-refractivity contribution >= 4 is 11.8 Å². The second kappa shape index (κ2) is 11.2. The minimum absolute atomic E-state index is 0.253. The van der Waals surface area contributed by atoms with Crippen LogP contribution in [0.3, 0.4) is 0 Å². The summed E-state index contributed by atoms with van der Waals surface area (Å²) in [4.78, 5) is 22.9. The molecule has 0 radical (unpaired) electrons. The average molecular weight is 368 g/mol. The van der Waals surface area contributed by atoms with Crippen molar-refractivity contribution < 1.29 is 28.9 Å². The van der Waals surface area contributed by atoms with Gasteiger partial charge in [0.25, 0.3) is 0 Å². The lowest BCUT2D eigenvalue weighted by atomic mass is 10.1. The summed E-state index contributed by atoms with van der Waals surface area (Å²) in [5.74, 6) is 0.889. The maximum Gasteiger partial charge on any atom is 0.242 e. The van der Waals surface area contributed by atoms with Crippen LogP contribution in [0.15, 0.2) is 18.2 Å². The molecule has 8 heteroatoms. The Balaban J connectivity index is 2.27. The average Bonchev–Trinajstić information content (AvgIpc) is 2.61. The number of ether oxygens (including phenoxy) is 3. The Morgan fingerprint density at radius 2 is 1.65 bits per heavy atom. The van der Waals surface area contributed by atoms with Gasteiger partial charge in [-0.15, -0.1) is 0 Å². The summed E-state index contributed by atoms with van der Waals surface area (Å²) in [7, 11) is 3.15. The third kappa shape index (κ3) is 7.60. The van der Waals surface area contributed by atoms with Crippen molar-refractivity contribution in [3.05, 3.63) is 18.2 Å². The highest BCUT2D eigenvalue weighted by Gasteiger charge is 2.22. The predicted octanol–water partition coefficient (Wildman–Crippen LogP) is 0.994. The number of aliphatic hydroxyl groups is 1. The van der Waals surface area contributed by atoms with Crippen molar-refractivity contribution in [3.8, 4) is 17.2 Å². The first-order chi connectivity index (χ1) is 12.4. The van der Waals surface area contributed by atoms with Crippen LogP contribution in [0.2, 0.25) is 0 Å². The van der Waals surface area contributed by atoms with E-state index >= 15 is 0 Å². The molecule has 2 amide bonds. The van der Waals surface area contributed by atoms with Crippen LogP contribution in [0.1, 0.15) is 32.6 Å². The van der Waals surface area contributed by atoms with Gasteiger partial charge in [-0.25, -0.2) is 0 Å². The molecule has 2 unspecified atom stereocenters. The van der Waals surface area contributed by atoms with Crippen molar-refractivity contribution in [2.24, 2.45) is 5.73 Å². The standard InChI is InChI=1S/C18H28N2O6/c1-12(21)17(18(19)23)20-16(22)7-5-4-6-8-26-15-10-13(24-2)9-14(11-15)25-3/h9-12,17,21H,4-8H2,1-3H3,(H2,19,23)(H,20,22). The number of unbranched alkanes of at least 4 members (excludes halogenated alkanes) is 2. The van der Waals surface area contributed by atoms with Gasteiger partial charge >= 0.3 is 0 Å². The number of amides is 2. The lowest BCUT2D eigenvalue weighted by Crippen LogP contribution is -2.50. The molecule has 26 heavy (non-hydrogen) atoms. The first-order valence-corrected chi connectivity index (χ1v) is 8.50. The number of benzene rings is 1. The van der Waals surface area contributed by atoms with E-state index in [4.69, 9.17) is 19.9 Å². The quantitative estimate of drug-likeness (QED) is 0.473. The van der Waals surface area contributed by atoms with Gasteiger partial charge in [-0.1, -0.05) is 0 Å². The minimum Gasteiger partial charge on any atom is -0.496 e. The van der Waals surface area contributed by atoms with Crippen LogP contribution < -0.4 is 25.3 Å². The molecule has 0 aromatic heterocycles. The third-order valence-corrected chi connectivity index (χ3v) is 3.75. The maximum absolute atomic E-state index is 11.8. The second-order valence-corrected chi connectivity index (χ2v) is 5.90. The van der Waals surface area contributed by atoms with Crippen molar-refractivity contribution in [3.63, 3.8) is 0 Å². The highest BCUT2D eigenvalue weighted by molar-refractivity contribution is 5.86. The molecule has 146 valence electrons. The number of rotatable bonds is 12. The molecule has 1 aromatic rings. The smallest absolute Gasteiger partial charge is 0.242 e. The SMILES string of the molecule is COc1cc(OC)cc(OCCCCCC(=O)NC(C(N)=O)C(C)O)c1. The fourth-order valence-corrected chi connectivity index (χ4v) is 2.29. The Morgan fingerprint density at radius 1 is 1.08 bits per heavy atom. The molecule has 0 fully saturated rings. The van der Waals surface area contributed by atoms with E-state index in [1.165, 1.54) is 6.92 Å². The molecule has 2 atom stereocenters. The largest absolute Gasteiger partial charge is 0.496 e. The van der Waals surface area contributed by atoms with E-state index in [9.17, 15) is 14.7 Å². The normalized spacial score (nSPS) is 12.8. The highest BCUT2D eigenvalue weighted by Crippen LogP contribution is 2.27. The molecule has 0 saturated carbocycles. The van der Waals surface area contributed by atoms with Gasteiger partial charge in [-0.2, -0.15) is 0 Å². The molecular formula is C18H28N2O6. The third-order valence-electron chi connectivity index (χ3n) is 3.75. The summed E-state index contributed by atoms with van der Waals surface area (Å²) in [6, 6.07) is 4.25. The number of hydrogen-bond donors (Lipinski definition) is 3. The Morgan fingerprint density at radius 3 is 2.15 bits per heavy atom. The Hall–Kier alpha value is -2.48. The summed E-state index contributed by atoms with van der Waals surface area (Å²) in [5, 5.41) is 11.8. The number of nitrogens with one attached hydrogen (secondary N) is 1. The molecule has 1 aromatic carbocycles. The van der Waals surface area contributed by atoms with Crippen molar-refractivity contribution in [2.75, 3.05) is 20.8 Å². The van der Waals surface area contributed by atoms with Gasteiger partial charge in [0.15, 0.2) is 0 Å². The molecule has 0 saturated heterocycles. The van der Waals surface area contributed by atoms with Gasteiger partial charge in [-0.3, -0.25) is 9.59 Å². The molecule has 0 aliphatic heterocycles. The minimum atomic E-state index is -1.06. The number of aliphatic hydroxyl groups excluding tert-OH is 1. The van der Waals surface area contributed by atoms with Crippen molar-refractivity contribution in [1.29, 1.82) is 0 Å². The van der Waals surface area contributed by atoms with Gasteiger partial charge < -0.3 is 30.4 Å². The van der Waals surface area contributed by atoms with E-state index in [0.29, 0.717) is 30.3 Å². The molecule has 8 nitrogen and oxygen atoms in total. The second-order valence-electron chi connectivity index (χ2n) is 5.90. The van der Waals surface area contributed by atoms with Crippen LogP contribution in [0.4, 0.5) is 0 Å². The molecule has 0 spiro atoms. The molecule has 0 bridgehead atoms. The molecule has 4 N–H and O–H groups in total. The number of nitrogens with two attached hydrogens (primary N) is 1. The lowest BCUT2D eigenvalue weighted by molar-refractivity contribution is -0.129. The topological polar surface area (TPSA) is 120 Å².